The van der Waals surface area contributed by atoms with E-state index in [1.54, 1.807) is 24.3 Å². The van der Waals surface area contributed by atoms with Gasteiger partial charge in [0, 0.05) is 25.0 Å². The van der Waals surface area contributed by atoms with Crippen LogP contribution in [0, 0.1) is 0 Å². The molecule has 3 rings (SSSR count). The molecule has 0 radical (unpaired) electrons. The first-order valence-corrected chi connectivity index (χ1v) is 7.77. The van der Waals surface area contributed by atoms with Crippen molar-refractivity contribution in [3.8, 4) is 5.69 Å². The zero-order valence-corrected chi connectivity index (χ0v) is 12.4. The van der Waals surface area contributed by atoms with Gasteiger partial charge in [0.2, 0.25) is 0 Å². The molecule has 1 N–H and O–H groups in total. The Morgan fingerprint density at radius 1 is 1.19 bits per heavy atom. The third-order valence-electron chi connectivity index (χ3n) is 3.05. The van der Waals surface area contributed by atoms with E-state index < -0.39 is 0 Å². The zero-order valence-electron chi connectivity index (χ0n) is 11.6. The summed E-state index contributed by atoms with van der Waals surface area (Å²) in [6.45, 7) is 0.681. The predicted molar refractivity (Wildman–Crippen MR) is 84.7 cm³/mol. The summed E-state index contributed by atoms with van der Waals surface area (Å²) in [7, 11) is 0. The van der Waals surface area contributed by atoms with Crippen LogP contribution in [0.2, 0.25) is 0 Å². The second-order valence-corrected chi connectivity index (χ2v) is 5.21. The standard InChI is InChI=1S/C15H15N5S/c1-21-15-9-14(17-11-18-15)16-10-12-5-2-3-6-13(12)20-8-4-7-19-20/h2-9,11H,10H2,1H3,(H,16,17,18). The van der Waals surface area contributed by atoms with Crippen molar-refractivity contribution in [2.45, 2.75) is 11.6 Å². The lowest BCUT2D eigenvalue weighted by molar-refractivity contribution is 0.863. The minimum Gasteiger partial charge on any atom is -0.366 e. The lowest BCUT2D eigenvalue weighted by Gasteiger charge is -2.11. The van der Waals surface area contributed by atoms with Gasteiger partial charge in [-0.3, -0.25) is 0 Å². The van der Waals surface area contributed by atoms with Gasteiger partial charge in [0.1, 0.15) is 17.2 Å². The maximum atomic E-state index is 4.29. The van der Waals surface area contributed by atoms with Gasteiger partial charge in [0.05, 0.1) is 5.69 Å². The van der Waals surface area contributed by atoms with Crippen molar-refractivity contribution < 1.29 is 0 Å². The Labute approximate surface area is 127 Å². The van der Waals surface area contributed by atoms with E-state index in [9.17, 15) is 0 Å². The first-order chi connectivity index (χ1) is 10.4. The van der Waals surface area contributed by atoms with Crippen molar-refractivity contribution >= 4 is 17.6 Å². The van der Waals surface area contributed by atoms with E-state index in [1.165, 1.54) is 0 Å². The number of aromatic nitrogens is 4. The molecule has 0 fully saturated rings. The van der Waals surface area contributed by atoms with Crippen molar-refractivity contribution in [1.82, 2.24) is 19.7 Å². The number of nitrogens with zero attached hydrogens (tertiary/aromatic N) is 4. The fourth-order valence-corrected chi connectivity index (χ4v) is 2.41. The van der Waals surface area contributed by atoms with Gasteiger partial charge in [-0.25, -0.2) is 14.6 Å². The number of nitrogens with one attached hydrogen (secondary N) is 1. The van der Waals surface area contributed by atoms with E-state index in [4.69, 9.17) is 0 Å². The van der Waals surface area contributed by atoms with Crippen LogP contribution in [0.15, 0.2) is 60.1 Å². The molecule has 0 aliphatic rings. The van der Waals surface area contributed by atoms with E-state index in [1.807, 2.05) is 41.4 Å². The molecule has 1 aromatic carbocycles. The summed E-state index contributed by atoms with van der Waals surface area (Å²) in [5.74, 6) is 0.824. The fourth-order valence-electron chi connectivity index (χ4n) is 2.03. The summed E-state index contributed by atoms with van der Waals surface area (Å²) < 4.78 is 1.87. The van der Waals surface area contributed by atoms with Gasteiger partial charge in [-0.15, -0.1) is 11.8 Å². The van der Waals surface area contributed by atoms with E-state index in [2.05, 4.69) is 32.5 Å². The molecule has 0 spiro atoms. The quantitative estimate of drug-likeness (QED) is 0.579. The van der Waals surface area contributed by atoms with Gasteiger partial charge >= 0.3 is 0 Å². The lowest BCUT2D eigenvalue weighted by Crippen LogP contribution is -2.06. The van der Waals surface area contributed by atoms with Crippen LogP contribution >= 0.6 is 11.8 Å². The highest BCUT2D eigenvalue weighted by atomic mass is 32.2. The topological polar surface area (TPSA) is 55.6 Å². The Morgan fingerprint density at radius 3 is 2.90 bits per heavy atom. The van der Waals surface area contributed by atoms with Crippen LogP contribution < -0.4 is 5.32 Å². The second kappa shape index (κ2) is 6.41. The predicted octanol–water partition coefficient (Wildman–Crippen LogP) is 3.00. The number of benzene rings is 1. The number of rotatable bonds is 5. The van der Waals surface area contributed by atoms with Crippen LogP contribution in [0.5, 0.6) is 0 Å². The summed E-state index contributed by atoms with van der Waals surface area (Å²) in [6.07, 6.45) is 7.29. The Bertz CT molecular complexity index is 712. The van der Waals surface area contributed by atoms with Crippen molar-refractivity contribution in [1.29, 1.82) is 0 Å². The molecule has 0 amide bonds. The molecule has 2 heterocycles. The molecule has 3 aromatic rings. The van der Waals surface area contributed by atoms with E-state index in [-0.39, 0.29) is 0 Å². The van der Waals surface area contributed by atoms with Crippen LogP contribution in [0.3, 0.4) is 0 Å². The van der Waals surface area contributed by atoms with Crippen LogP contribution in [0.25, 0.3) is 5.69 Å². The van der Waals surface area contributed by atoms with Gasteiger partial charge < -0.3 is 5.32 Å². The molecular weight excluding hydrogens is 282 g/mol. The number of hydrogen-bond donors (Lipinski definition) is 1. The molecule has 0 aliphatic carbocycles. The van der Waals surface area contributed by atoms with Gasteiger partial charge in [-0.05, 0) is 24.0 Å². The number of thioether (sulfide) groups is 1. The van der Waals surface area contributed by atoms with Gasteiger partial charge in [-0.2, -0.15) is 5.10 Å². The van der Waals surface area contributed by atoms with E-state index in [0.717, 1.165) is 22.1 Å². The average molecular weight is 297 g/mol. The molecule has 0 atom stereocenters. The molecule has 2 aromatic heterocycles. The Morgan fingerprint density at radius 2 is 2.10 bits per heavy atom. The van der Waals surface area contributed by atoms with E-state index in [0.29, 0.717) is 6.54 Å². The molecule has 106 valence electrons. The zero-order chi connectivity index (χ0) is 14.5. The van der Waals surface area contributed by atoms with Crippen LogP contribution in [0.4, 0.5) is 5.82 Å². The molecule has 0 aliphatic heterocycles. The van der Waals surface area contributed by atoms with Crippen LogP contribution in [-0.4, -0.2) is 26.0 Å². The highest BCUT2D eigenvalue weighted by Gasteiger charge is 2.05. The van der Waals surface area contributed by atoms with Crippen LogP contribution in [0.1, 0.15) is 5.56 Å². The maximum Gasteiger partial charge on any atom is 0.130 e. The minimum absolute atomic E-state index is 0.681. The average Bonchev–Trinajstić information content (AvgIpc) is 3.08. The smallest absolute Gasteiger partial charge is 0.130 e. The largest absolute Gasteiger partial charge is 0.366 e. The molecule has 0 saturated carbocycles. The summed E-state index contributed by atoms with van der Waals surface area (Å²) >= 11 is 1.60. The fraction of sp³-hybridized carbons (Fsp3) is 0.133. The molecule has 6 heteroatoms. The Kier molecular flexibility index (Phi) is 4.16. The van der Waals surface area contributed by atoms with Gasteiger partial charge in [0.15, 0.2) is 0 Å². The normalized spacial score (nSPS) is 10.5. The van der Waals surface area contributed by atoms with Crippen LogP contribution in [-0.2, 0) is 6.54 Å². The molecule has 0 unspecified atom stereocenters. The first kappa shape index (κ1) is 13.6. The molecule has 0 bridgehead atoms. The summed E-state index contributed by atoms with van der Waals surface area (Å²) in [4.78, 5) is 8.41. The first-order valence-electron chi connectivity index (χ1n) is 6.54. The van der Waals surface area contributed by atoms with Crippen molar-refractivity contribution in [3.05, 3.63) is 60.7 Å². The van der Waals surface area contributed by atoms with E-state index >= 15 is 0 Å². The number of hydrogen-bond acceptors (Lipinski definition) is 5. The third-order valence-corrected chi connectivity index (χ3v) is 3.70. The second-order valence-electron chi connectivity index (χ2n) is 4.38. The summed E-state index contributed by atoms with van der Waals surface area (Å²) in [5, 5.41) is 8.57. The van der Waals surface area contributed by atoms with Crippen molar-refractivity contribution in [2.24, 2.45) is 0 Å². The van der Waals surface area contributed by atoms with Gasteiger partial charge in [-0.1, -0.05) is 18.2 Å². The van der Waals surface area contributed by atoms with Crippen molar-refractivity contribution in [3.63, 3.8) is 0 Å². The number of para-hydroxylation sites is 1. The Hall–Kier alpha value is -2.34. The Balaban J connectivity index is 1.79. The summed E-state index contributed by atoms with van der Waals surface area (Å²) in [6, 6.07) is 12.0. The molecular formula is C15H15N5S. The monoisotopic (exact) mass is 297 g/mol. The SMILES string of the molecule is CSc1cc(NCc2ccccc2-n2cccn2)ncn1. The summed E-state index contributed by atoms with van der Waals surface area (Å²) in [5.41, 5.74) is 2.22. The third kappa shape index (κ3) is 3.22. The molecule has 0 saturated heterocycles. The minimum atomic E-state index is 0.681. The van der Waals surface area contributed by atoms with Crippen molar-refractivity contribution in [2.75, 3.05) is 11.6 Å². The highest BCUT2D eigenvalue weighted by Crippen LogP contribution is 2.17. The molecule has 21 heavy (non-hydrogen) atoms. The molecule has 5 nitrogen and oxygen atoms in total. The highest BCUT2D eigenvalue weighted by molar-refractivity contribution is 7.98. The lowest BCUT2D eigenvalue weighted by atomic mass is 10.2. The maximum absolute atomic E-state index is 4.29. The number of anilines is 1. The van der Waals surface area contributed by atoms with Gasteiger partial charge in [0.25, 0.3) is 0 Å².